The van der Waals surface area contributed by atoms with Crippen LogP contribution in [0.25, 0.3) is 10.9 Å². The van der Waals surface area contributed by atoms with Crippen LogP contribution in [0.3, 0.4) is 0 Å². The van der Waals surface area contributed by atoms with E-state index in [0.29, 0.717) is 11.7 Å². The second-order valence-electron chi connectivity index (χ2n) is 6.90. The van der Waals surface area contributed by atoms with E-state index in [1.165, 1.54) is 11.3 Å². The van der Waals surface area contributed by atoms with Gasteiger partial charge in [0.25, 0.3) is 10.0 Å². The van der Waals surface area contributed by atoms with Crippen molar-refractivity contribution in [2.75, 3.05) is 11.3 Å². The molecule has 1 aliphatic rings. The first-order valence-corrected chi connectivity index (χ1v) is 11.7. The molecular formula is C20H22IN3O2S. The van der Waals surface area contributed by atoms with Crippen LogP contribution in [0.2, 0.25) is 0 Å². The van der Waals surface area contributed by atoms with Crippen molar-refractivity contribution in [3.05, 3.63) is 57.3 Å². The predicted octanol–water partition coefficient (Wildman–Crippen LogP) is 4.04. The second kappa shape index (κ2) is 7.44. The number of likely N-dealkylation sites (N-methyl/N-ethyl adjacent to an activating group) is 1. The van der Waals surface area contributed by atoms with Crippen LogP contribution in [0, 0.1) is 3.57 Å². The van der Waals surface area contributed by atoms with Crippen LogP contribution in [0.15, 0.2) is 47.4 Å². The molecule has 0 saturated heterocycles. The summed E-state index contributed by atoms with van der Waals surface area (Å²) < 4.78 is 29.1. The number of rotatable bonds is 5. The van der Waals surface area contributed by atoms with E-state index in [1.54, 1.807) is 24.3 Å². The van der Waals surface area contributed by atoms with Gasteiger partial charge in [0.2, 0.25) is 0 Å². The van der Waals surface area contributed by atoms with Crippen molar-refractivity contribution >= 4 is 49.2 Å². The highest BCUT2D eigenvalue weighted by molar-refractivity contribution is 14.1. The number of nitrogens with one attached hydrogen (secondary N) is 3. The third-order valence-electron chi connectivity index (χ3n) is 5.06. The van der Waals surface area contributed by atoms with Crippen molar-refractivity contribution in [3.63, 3.8) is 0 Å². The summed E-state index contributed by atoms with van der Waals surface area (Å²) in [6.45, 7) is 3.09. The number of aromatic amines is 1. The summed E-state index contributed by atoms with van der Waals surface area (Å²) in [6.07, 6.45) is 3.11. The van der Waals surface area contributed by atoms with Gasteiger partial charge < -0.3 is 10.3 Å². The van der Waals surface area contributed by atoms with Gasteiger partial charge in [0.05, 0.1) is 4.90 Å². The molecule has 5 nitrogen and oxygen atoms in total. The minimum absolute atomic E-state index is 0.270. The molecule has 0 fully saturated rings. The van der Waals surface area contributed by atoms with Crippen molar-refractivity contribution in [2.24, 2.45) is 0 Å². The topological polar surface area (TPSA) is 74.0 Å². The molecule has 0 bridgehead atoms. The summed E-state index contributed by atoms with van der Waals surface area (Å²) in [5.74, 6) is 0. The van der Waals surface area contributed by atoms with E-state index in [2.05, 4.69) is 44.5 Å². The van der Waals surface area contributed by atoms with Crippen molar-refractivity contribution in [2.45, 2.75) is 37.1 Å². The minimum Gasteiger partial charge on any atom is -0.358 e. The van der Waals surface area contributed by atoms with Crippen molar-refractivity contribution in [3.8, 4) is 0 Å². The number of aromatic nitrogens is 1. The van der Waals surface area contributed by atoms with Gasteiger partial charge in [-0.15, -0.1) is 0 Å². The third kappa shape index (κ3) is 3.86. The summed E-state index contributed by atoms with van der Waals surface area (Å²) in [5.41, 5.74) is 4.23. The average Bonchev–Trinajstić information content (AvgIpc) is 2.99. The molecule has 1 aliphatic carbocycles. The fourth-order valence-corrected chi connectivity index (χ4v) is 5.18. The molecule has 1 heterocycles. The van der Waals surface area contributed by atoms with Gasteiger partial charge in [-0.2, -0.15) is 0 Å². The second-order valence-corrected chi connectivity index (χ2v) is 9.83. The molecule has 0 saturated carbocycles. The normalized spacial score (nSPS) is 17.0. The van der Waals surface area contributed by atoms with Gasteiger partial charge in [0.1, 0.15) is 0 Å². The van der Waals surface area contributed by atoms with Crippen molar-refractivity contribution < 1.29 is 8.42 Å². The highest BCUT2D eigenvalue weighted by atomic mass is 127. The number of halogens is 1. The van der Waals surface area contributed by atoms with Crippen LogP contribution in [-0.4, -0.2) is 26.0 Å². The maximum absolute atomic E-state index is 12.7. The fourth-order valence-electron chi connectivity index (χ4n) is 3.77. The first-order chi connectivity index (χ1) is 13.0. The molecule has 0 radical (unpaired) electrons. The van der Waals surface area contributed by atoms with Crippen LogP contribution in [0.1, 0.15) is 24.6 Å². The Hall–Kier alpha value is -1.58. The van der Waals surface area contributed by atoms with E-state index in [4.69, 9.17) is 0 Å². The summed E-state index contributed by atoms with van der Waals surface area (Å²) in [6, 6.07) is 13.0. The fraction of sp³-hybridized carbons (Fsp3) is 0.300. The molecule has 4 rings (SSSR count). The summed E-state index contributed by atoms with van der Waals surface area (Å²) in [4.78, 5) is 3.77. The quantitative estimate of drug-likeness (QED) is 0.468. The zero-order chi connectivity index (χ0) is 19.0. The molecule has 1 unspecified atom stereocenters. The molecule has 0 amide bonds. The number of fused-ring (bicyclic) bond motifs is 3. The lowest BCUT2D eigenvalue weighted by Crippen LogP contribution is -2.34. The smallest absolute Gasteiger partial charge is 0.261 e. The highest BCUT2D eigenvalue weighted by Gasteiger charge is 2.22. The number of aryl methyl sites for hydroxylation is 1. The van der Waals surface area contributed by atoms with Gasteiger partial charge in [-0.05, 0) is 96.4 Å². The van der Waals surface area contributed by atoms with Crippen LogP contribution >= 0.6 is 22.6 Å². The Kier molecular flexibility index (Phi) is 5.17. The van der Waals surface area contributed by atoms with Gasteiger partial charge in [-0.1, -0.05) is 6.92 Å². The van der Waals surface area contributed by atoms with Gasteiger partial charge in [-0.25, -0.2) is 8.42 Å². The number of hydrogen-bond acceptors (Lipinski definition) is 3. The molecule has 1 atom stereocenters. The molecule has 7 heteroatoms. The Bertz CT molecular complexity index is 1070. The van der Waals surface area contributed by atoms with E-state index in [-0.39, 0.29) is 4.90 Å². The van der Waals surface area contributed by atoms with Gasteiger partial charge in [0, 0.05) is 31.9 Å². The number of sulfonamides is 1. The van der Waals surface area contributed by atoms with Crippen LogP contribution in [0.4, 0.5) is 5.69 Å². The molecule has 27 heavy (non-hydrogen) atoms. The highest BCUT2D eigenvalue weighted by Crippen LogP contribution is 2.31. The molecule has 0 spiro atoms. The Morgan fingerprint density at radius 1 is 1.19 bits per heavy atom. The van der Waals surface area contributed by atoms with Gasteiger partial charge in [0.15, 0.2) is 0 Å². The number of benzene rings is 2. The van der Waals surface area contributed by atoms with E-state index in [9.17, 15) is 8.42 Å². The zero-order valence-electron chi connectivity index (χ0n) is 15.0. The van der Waals surface area contributed by atoms with E-state index in [1.807, 2.05) is 18.2 Å². The molecular weight excluding hydrogens is 473 g/mol. The monoisotopic (exact) mass is 495 g/mol. The maximum atomic E-state index is 12.7. The molecule has 3 aromatic rings. The maximum Gasteiger partial charge on any atom is 0.261 e. The summed E-state index contributed by atoms with van der Waals surface area (Å²) in [5, 5.41) is 4.64. The van der Waals surface area contributed by atoms with Crippen LogP contribution in [-0.2, 0) is 22.9 Å². The molecule has 3 N–H and O–H groups in total. The Balaban J connectivity index is 1.65. The number of H-pyrrole nitrogens is 1. The standard InChI is InChI=1S/C20H22IN3O2S/c1-2-22-14-5-9-19-17(11-14)18-12-15(6-10-20(18)23-19)24-27(25,26)16-7-3-13(21)4-8-16/h3-4,6-8,10,12,14,22-24H,2,5,9,11H2,1H3. The van der Waals surface area contributed by atoms with Gasteiger partial charge in [-0.3, -0.25) is 4.72 Å². The largest absolute Gasteiger partial charge is 0.358 e. The van der Waals surface area contributed by atoms with Crippen LogP contribution < -0.4 is 10.0 Å². The molecule has 1 aromatic heterocycles. The Morgan fingerprint density at radius 3 is 2.70 bits per heavy atom. The van der Waals surface area contributed by atoms with E-state index >= 15 is 0 Å². The number of hydrogen-bond donors (Lipinski definition) is 3. The lowest BCUT2D eigenvalue weighted by molar-refractivity contribution is 0.470. The lowest BCUT2D eigenvalue weighted by atomic mass is 9.91. The molecule has 142 valence electrons. The molecule has 2 aromatic carbocycles. The SMILES string of the molecule is CCNC1CCc2[nH]c3ccc(NS(=O)(=O)c4ccc(I)cc4)cc3c2C1. The Labute approximate surface area is 173 Å². The predicted molar refractivity (Wildman–Crippen MR) is 118 cm³/mol. The first kappa shape index (κ1) is 18.8. The Morgan fingerprint density at radius 2 is 1.96 bits per heavy atom. The average molecular weight is 495 g/mol. The van der Waals surface area contributed by atoms with E-state index in [0.717, 1.165) is 40.3 Å². The summed E-state index contributed by atoms with van der Waals surface area (Å²) in [7, 11) is -3.60. The minimum atomic E-state index is -3.60. The van der Waals surface area contributed by atoms with Crippen molar-refractivity contribution in [1.82, 2.24) is 10.3 Å². The zero-order valence-corrected chi connectivity index (χ0v) is 18.0. The number of anilines is 1. The third-order valence-corrected chi connectivity index (χ3v) is 7.17. The summed E-state index contributed by atoms with van der Waals surface area (Å²) >= 11 is 2.16. The first-order valence-electron chi connectivity index (χ1n) is 9.11. The van der Waals surface area contributed by atoms with Gasteiger partial charge >= 0.3 is 0 Å². The van der Waals surface area contributed by atoms with Crippen LogP contribution in [0.5, 0.6) is 0 Å². The van der Waals surface area contributed by atoms with E-state index < -0.39 is 10.0 Å². The lowest BCUT2D eigenvalue weighted by Gasteiger charge is -2.23. The molecule has 0 aliphatic heterocycles. The van der Waals surface area contributed by atoms with Crippen molar-refractivity contribution in [1.29, 1.82) is 0 Å².